The fourth-order valence-electron chi connectivity index (χ4n) is 2.50. The van der Waals surface area contributed by atoms with E-state index in [1.54, 1.807) is 30.3 Å². The lowest BCUT2D eigenvalue weighted by Crippen LogP contribution is -2.20. The lowest BCUT2D eigenvalue weighted by molar-refractivity contribution is -0.146. The molecule has 0 aliphatic carbocycles. The Morgan fingerprint density at radius 3 is 1.32 bits per heavy atom. The summed E-state index contributed by atoms with van der Waals surface area (Å²) in [4.78, 5) is 34.3. The molecule has 0 unspecified atom stereocenters. The number of benzene rings is 1. The first-order valence-corrected chi connectivity index (χ1v) is 12.0. The Hall–Kier alpha value is -2.45. The number of carbonyl (C=O) groups excluding carboxylic acids is 3. The van der Waals surface area contributed by atoms with E-state index >= 15 is 0 Å². The predicted octanol–water partition coefficient (Wildman–Crippen LogP) is 0.702. The minimum Gasteiger partial charge on any atom is -0.467 e. The summed E-state index contributed by atoms with van der Waals surface area (Å²) in [6, 6.07) is 8.23. The summed E-state index contributed by atoms with van der Waals surface area (Å²) in [5.41, 5.74) is 0.292. The summed E-state index contributed by atoms with van der Waals surface area (Å²) in [5, 5.41) is 0. The van der Waals surface area contributed by atoms with Crippen LogP contribution in [-0.2, 0) is 52.2 Å². The van der Waals surface area contributed by atoms with Crippen LogP contribution in [0.1, 0.15) is 10.4 Å². The molecule has 37 heavy (non-hydrogen) atoms. The highest BCUT2D eigenvalue weighted by molar-refractivity contribution is 6.40. The molecular weight excluding hydrogens is 492 g/mol. The van der Waals surface area contributed by atoms with Crippen molar-refractivity contribution in [1.82, 2.24) is 0 Å². The molecule has 0 spiro atoms. The zero-order chi connectivity index (χ0) is 26.8. The van der Waals surface area contributed by atoms with Crippen molar-refractivity contribution in [2.75, 3.05) is 106 Å². The van der Waals surface area contributed by atoms with Gasteiger partial charge in [0.25, 0.3) is 5.78 Å². The molecule has 0 amide bonds. The summed E-state index contributed by atoms with van der Waals surface area (Å²) < 4.78 is 46.5. The third kappa shape index (κ3) is 19.3. The molecule has 0 aliphatic heterocycles. The fraction of sp³-hybridized carbons (Fsp3) is 0.640. The van der Waals surface area contributed by atoms with E-state index in [0.29, 0.717) is 84.8 Å². The van der Waals surface area contributed by atoms with Gasteiger partial charge in [0.05, 0.1) is 93.0 Å². The minimum absolute atomic E-state index is 0.00544. The van der Waals surface area contributed by atoms with Crippen molar-refractivity contribution in [3.63, 3.8) is 0 Å². The lowest BCUT2D eigenvalue weighted by Gasteiger charge is -2.08. The van der Waals surface area contributed by atoms with Crippen LogP contribution in [0.2, 0.25) is 0 Å². The van der Waals surface area contributed by atoms with E-state index in [9.17, 15) is 14.4 Å². The van der Waals surface area contributed by atoms with Crippen LogP contribution in [0.4, 0.5) is 0 Å². The smallest absolute Gasteiger partial charge is 0.379 e. The zero-order valence-corrected chi connectivity index (χ0v) is 21.4. The largest absolute Gasteiger partial charge is 0.467 e. The highest BCUT2D eigenvalue weighted by Gasteiger charge is 2.17. The number of Topliss-reactive ketones (excluding diaryl/α,β-unsaturated/α-hetero) is 1. The molecule has 1 aromatic carbocycles. The standard InChI is InChI=1S/C25H38O12/c1-29-23(26)21-36-18-17-34-14-13-32-10-9-30-7-8-31-11-12-33-15-16-35-19-20-37-25(28)24(27)22-5-3-2-4-6-22/h2-6H,7-21H2,1H3. The maximum atomic E-state index is 11.8. The number of ketones is 1. The number of carbonyl (C=O) groups is 3. The Balaban J connectivity index is 1.73. The second kappa shape index (κ2) is 23.9. The van der Waals surface area contributed by atoms with Crippen molar-refractivity contribution in [2.24, 2.45) is 0 Å². The number of methoxy groups -OCH3 is 1. The Kier molecular flexibility index (Phi) is 21.1. The number of hydrogen-bond donors (Lipinski definition) is 0. The van der Waals surface area contributed by atoms with Crippen LogP contribution < -0.4 is 0 Å². The van der Waals surface area contributed by atoms with Gasteiger partial charge in [0.2, 0.25) is 0 Å². The van der Waals surface area contributed by atoms with Crippen LogP contribution >= 0.6 is 0 Å². The third-order valence-corrected chi connectivity index (χ3v) is 4.36. The van der Waals surface area contributed by atoms with Gasteiger partial charge in [0.15, 0.2) is 0 Å². The Bertz CT molecular complexity index is 713. The van der Waals surface area contributed by atoms with Crippen molar-refractivity contribution >= 4 is 17.7 Å². The lowest BCUT2D eigenvalue weighted by atomic mass is 10.1. The van der Waals surface area contributed by atoms with E-state index in [0.717, 1.165) is 0 Å². The SMILES string of the molecule is COC(=O)COCCOCCOCCOCCOCCOCCOCCOC(=O)C(=O)c1ccccc1. The summed E-state index contributed by atoms with van der Waals surface area (Å²) in [5.74, 6) is -2.00. The topological polar surface area (TPSA) is 134 Å². The average molecular weight is 531 g/mol. The summed E-state index contributed by atoms with van der Waals surface area (Å²) in [7, 11) is 1.30. The Morgan fingerprint density at radius 1 is 0.541 bits per heavy atom. The average Bonchev–Trinajstić information content (AvgIpc) is 2.93. The number of esters is 2. The molecule has 0 saturated carbocycles. The van der Waals surface area contributed by atoms with Gasteiger partial charge in [-0.25, -0.2) is 9.59 Å². The van der Waals surface area contributed by atoms with E-state index < -0.39 is 17.7 Å². The normalized spacial score (nSPS) is 10.8. The van der Waals surface area contributed by atoms with Gasteiger partial charge in [-0.15, -0.1) is 0 Å². The Morgan fingerprint density at radius 2 is 0.919 bits per heavy atom. The summed E-state index contributed by atoms with van der Waals surface area (Å²) in [6.45, 7) is 5.01. The van der Waals surface area contributed by atoms with E-state index in [1.165, 1.54) is 7.11 Å². The van der Waals surface area contributed by atoms with Gasteiger partial charge in [-0.2, -0.15) is 0 Å². The molecule has 0 atom stereocenters. The van der Waals surface area contributed by atoms with Crippen LogP contribution in [0.3, 0.4) is 0 Å². The molecular formula is C25H38O12. The molecule has 0 saturated heterocycles. The van der Waals surface area contributed by atoms with Crippen LogP contribution in [-0.4, -0.2) is 124 Å². The maximum Gasteiger partial charge on any atom is 0.379 e. The van der Waals surface area contributed by atoms with Gasteiger partial charge < -0.3 is 42.6 Å². The van der Waals surface area contributed by atoms with Crippen molar-refractivity contribution in [3.05, 3.63) is 35.9 Å². The quantitative estimate of drug-likeness (QED) is 0.0762. The molecule has 0 radical (unpaired) electrons. The van der Waals surface area contributed by atoms with E-state index in [1.807, 2.05) is 0 Å². The van der Waals surface area contributed by atoms with Crippen LogP contribution in [0.15, 0.2) is 30.3 Å². The van der Waals surface area contributed by atoms with Crippen molar-refractivity contribution in [2.45, 2.75) is 0 Å². The first-order valence-electron chi connectivity index (χ1n) is 12.0. The highest BCUT2D eigenvalue weighted by Crippen LogP contribution is 2.01. The molecule has 0 N–H and O–H groups in total. The van der Waals surface area contributed by atoms with Crippen LogP contribution in [0, 0.1) is 0 Å². The van der Waals surface area contributed by atoms with Gasteiger partial charge in [-0.05, 0) is 0 Å². The zero-order valence-electron chi connectivity index (χ0n) is 21.4. The first kappa shape index (κ1) is 32.6. The monoisotopic (exact) mass is 530 g/mol. The van der Waals surface area contributed by atoms with Gasteiger partial charge >= 0.3 is 11.9 Å². The van der Waals surface area contributed by atoms with Gasteiger partial charge in [0, 0.05) is 5.56 Å². The maximum absolute atomic E-state index is 11.8. The van der Waals surface area contributed by atoms with Gasteiger partial charge in [0.1, 0.15) is 13.2 Å². The molecule has 12 nitrogen and oxygen atoms in total. The molecule has 0 fully saturated rings. The van der Waals surface area contributed by atoms with Crippen LogP contribution in [0.5, 0.6) is 0 Å². The Labute approximate surface area is 217 Å². The van der Waals surface area contributed by atoms with E-state index in [2.05, 4.69) is 4.74 Å². The molecule has 0 bridgehead atoms. The molecule has 0 aliphatic rings. The molecule has 210 valence electrons. The highest BCUT2D eigenvalue weighted by atomic mass is 16.6. The molecule has 0 aromatic heterocycles. The second-order valence-corrected chi connectivity index (χ2v) is 7.13. The molecule has 1 aromatic rings. The van der Waals surface area contributed by atoms with Crippen LogP contribution in [0.25, 0.3) is 0 Å². The molecule has 1 rings (SSSR count). The van der Waals surface area contributed by atoms with Crippen molar-refractivity contribution < 1.29 is 57.0 Å². The van der Waals surface area contributed by atoms with Gasteiger partial charge in [-0.1, -0.05) is 30.3 Å². The van der Waals surface area contributed by atoms with Gasteiger partial charge in [-0.3, -0.25) is 4.79 Å². The number of rotatable bonds is 25. The van der Waals surface area contributed by atoms with E-state index in [4.69, 9.17) is 37.9 Å². The minimum atomic E-state index is -0.901. The summed E-state index contributed by atoms with van der Waals surface area (Å²) >= 11 is 0. The van der Waals surface area contributed by atoms with E-state index in [-0.39, 0.29) is 19.8 Å². The molecule has 0 heterocycles. The number of hydrogen-bond acceptors (Lipinski definition) is 12. The number of ether oxygens (including phenoxy) is 9. The van der Waals surface area contributed by atoms with Crippen molar-refractivity contribution in [3.8, 4) is 0 Å². The van der Waals surface area contributed by atoms with Crippen molar-refractivity contribution in [1.29, 1.82) is 0 Å². The third-order valence-electron chi connectivity index (χ3n) is 4.36. The fourth-order valence-corrected chi connectivity index (χ4v) is 2.50. The second-order valence-electron chi connectivity index (χ2n) is 7.13. The first-order chi connectivity index (χ1) is 18.1. The molecule has 12 heteroatoms. The summed E-state index contributed by atoms with van der Waals surface area (Å²) in [6.07, 6.45) is 0. The predicted molar refractivity (Wildman–Crippen MR) is 129 cm³/mol.